The molecule has 2 aliphatic rings. The van der Waals surface area contributed by atoms with Gasteiger partial charge in [0.2, 0.25) is 5.91 Å². The summed E-state index contributed by atoms with van der Waals surface area (Å²) < 4.78 is 18.1. The van der Waals surface area contributed by atoms with Gasteiger partial charge < -0.3 is 19.1 Å². The third-order valence-electron chi connectivity index (χ3n) is 8.38. The maximum absolute atomic E-state index is 13.7. The second-order valence-electron chi connectivity index (χ2n) is 12.3. The number of rotatable bonds is 7. The van der Waals surface area contributed by atoms with Crippen LogP contribution in [-0.2, 0) is 16.1 Å². The van der Waals surface area contributed by atoms with Crippen LogP contribution in [0.15, 0.2) is 42.7 Å². The molecule has 5 rings (SSSR count). The number of hydrogen-bond acceptors (Lipinski definition) is 7. The van der Waals surface area contributed by atoms with E-state index in [1.807, 2.05) is 27.0 Å². The second kappa shape index (κ2) is 12.1. The number of pyridine rings is 1. The van der Waals surface area contributed by atoms with E-state index in [0.29, 0.717) is 41.8 Å². The zero-order valence-electron chi connectivity index (χ0n) is 25.8. The maximum atomic E-state index is 13.7. The van der Waals surface area contributed by atoms with Crippen LogP contribution in [0.4, 0.5) is 15.3 Å². The molecule has 1 unspecified atom stereocenters. The lowest BCUT2D eigenvalue weighted by Gasteiger charge is -2.36. The number of carbonyl (C=O) groups excluding carboxylic acids is 3. The highest BCUT2D eigenvalue weighted by atomic mass is 16.6. The molecule has 0 bridgehead atoms. The number of ether oxygens (including phenoxy) is 3. The Morgan fingerprint density at radius 2 is 1.79 bits per heavy atom. The lowest BCUT2D eigenvalue weighted by atomic mass is 9.81. The Morgan fingerprint density at radius 3 is 2.47 bits per heavy atom. The third-order valence-corrected chi connectivity index (χ3v) is 8.38. The van der Waals surface area contributed by atoms with Gasteiger partial charge in [0.05, 0.1) is 38.2 Å². The Bertz CT molecular complexity index is 1500. The monoisotopic (exact) mass is 591 g/mol. The molecule has 4 heterocycles. The number of urea groups is 1. The summed E-state index contributed by atoms with van der Waals surface area (Å²) >= 11 is 0. The van der Waals surface area contributed by atoms with E-state index in [0.717, 1.165) is 23.9 Å². The van der Waals surface area contributed by atoms with Crippen molar-refractivity contribution in [1.29, 1.82) is 0 Å². The van der Waals surface area contributed by atoms with Crippen molar-refractivity contribution in [3.05, 3.63) is 53.9 Å². The van der Waals surface area contributed by atoms with Gasteiger partial charge in [-0.25, -0.2) is 14.1 Å². The first-order valence-corrected chi connectivity index (χ1v) is 14.8. The molecule has 0 radical (unpaired) electrons. The van der Waals surface area contributed by atoms with E-state index in [1.54, 1.807) is 52.9 Å². The predicted octanol–water partition coefficient (Wildman–Crippen LogP) is 5.46. The third kappa shape index (κ3) is 6.40. The maximum Gasteiger partial charge on any atom is 0.410 e. The molecule has 2 saturated heterocycles. The molecule has 2 aromatic heterocycles. The number of piperidine rings is 1. The highest BCUT2D eigenvalue weighted by molar-refractivity contribution is 6.07. The first kappa shape index (κ1) is 30.2. The van der Waals surface area contributed by atoms with Crippen molar-refractivity contribution in [2.45, 2.75) is 65.0 Å². The van der Waals surface area contributed by atoms with Crippen molar-refractivity contribution >= 4 is 29.2 Å². The summed E-state index contributed by atoms with van der Waals surface area (Å²) in [6.45, 7) is 9.54. The van der Waals surface area contributed by atoms with Crippen LogP contribution in [0.1, 0.15) is 64.0 Å². The van der Waals surface area contributed by atoms with Crippen LogP contribution in [0.2, 0.25) is 0 Å². The molecule has 11 heteroatoms. The van der Waals surface area contributed by atoms with Crippen LogP contribution >= 0.6 is 0 Å². The molecular formula is C32H41N5O6. The fraction of sp³-hybridized carbons (Fsp3) is 0.500. The van der Waals surface area contributed by atoms with Gasteiger partial charge in [0.25, 0.3) is 0 Å². The van der Waals surface area contributed by atoms with Gasteiger partial charge in [-0.15, -0.1) is 0 Å². The number of hydrogen-bond donors (Lipinski definition) is 0. The van der Waals surface area contributed by atoms with Crippen LogP contribution in [0, 0.1) is 5.92 Å². The molecule has 0 spiro atoms. The Morgan fingerprint density at radius 1 is 1.05 bits per heavy atom. The normalized spacial score (nSPS) is 17.4. The van der Waals surface area contributed by atoms with Crippen LogP contribution in [0.3, 0.4) is 0 Å². The summed E-state index contributed by atoms with van der Waals surface area (Å²) in [6, 6.07) is 9.09. The summed E-state index contributed by atoms with van der Waals surface area (Å²) in [7, 11) is 3.12. The van der Waals surface area contributed by atoms with E-state index in [4.69, 9.17) is 14.2 Å². The number of methoxy groups -OCH3 is 2. The lowest BCUT2D eigenvalue weighted by molar-refractivity contribution is -0.129. The molecule has 43 heavy (non-hydrogen) atoms. The van der Waals surface area contributed by atoms with E-state index in [9.17, 15) is 14.4 Å². The van der Waals surface area contributed by atoms with Crippen molar-refractivity contribution in [2.24, 2.45) is 5.92 Å². The molecule has 0 saturated carbocycles. The van der Waals surface area contributed by atoms with Gasteiger partial charge in [-0.3, -0.25) is 14.6 Å². The second-order valence-corrected chi connectivity index (χ2v) is 12.3. The number of nitrogens with zero attached hydrogens (tertiary/aromatic N) is 5. The van der Waals surface area contributed by atoms with Crippen LogP contribution < -0.4 is 14.4 Å². The van der Waals surface area contributed by atoms with Gasteiger partial charge in [-0.05, 0) is 75.3 Å². The Kier molecular flexibility index (Phi) is 8.52. The minimum Gasteiger partial charge on any atom is -0.497 e. The molecule has 0 N–H and O–H groups in total. The number of benzene rings is 1. The molecule has 230 valence electrons. The van der Waals surface area contributed by atoms with Crippen LogP contribution in [0.5, 0.6) is 11.5 Å². The Labute approximate surface area is 252 Å². The minimum absolute atomic E-state index is 0.0881. The molecule has 4 amide bonds. The van der Waals surface area contributed by atoms with E-state index in [2.05, 4.69) is 24.2 Å². The molecule has 2 aliphatic heterocycles. The van der Waals surface area contributed by atoms with E-state index < -0.39 is 11.6 Å². The predicted molar refractivity (Wildman–Crippen MR) is 162 cm³/mol. The van der Waals surface area contributed by atoms with Crippen LogP contribution in [-0.4, -0.2) is 76.9 Å². The number of anilines is 1. The van der Waals surface area contributed by atoms with Gasteiger partial charge in [-0.1, -0.05) is 6.92 Å². The largest absolute Gasteiger partial charge is 0.497 e. The van der Waals surface area contributed by atoms with Crippen LogP contribution in [0.25, 0.3) is 5.52 Å². The van der Waals surface area contributed by atoms with Gasteiger partial charge in [-0.2, -0.15) is 5.10 Å². The molecular weight excluding hydrogens is 550 g/mol. The average Bonchev–Trinajstić information content (AvgIpc) is 3.41. The molecule has 3 aromatic rings. The molecule has 2 fully saturated rings. The lowest BCUT2D eigenvalue weighted by Crippen LogP contribution is -2.52. The van der Waals surface area contributed by atoms with Gasteiger partial charge in [0, 0.05) is 43.9 Å². The average molecular weight is 592 g/mol. The van der Waals surface area contributed by atoms with Gasteiger partial charge >= 0.3 is 12.1 Å². The number of imide groups is 1. The zero-order chi connectivity index (χ0) is 30.9. The number of carbonyl (C=O) groups is 3. The summed E-state index contributed by atoms with van der Waals surface area (Å²) in [5.41, 5.74) is 2.81. The summed E-state index contributed by atoms with van der Waals surface area (Å²) in [5.74, 6) is 1.58. The summed E-state index contributed by atoms with van der Waals surface area (Å²) in [5, 5.41) is 4.50. The van der Waals surface area contributed by atoms with Crippen molar-refractivity contribution in [3.8, 4) is 11.5 Å². The van der Waals surface area contributed by atoms with Crippen molar-refractivity contribution in [1.82, 2.24) is 19.4 Å². The molecule has 1 atom stereocenters. The first-order valence-electron chi connectivity index (χ1n) is 14.8. The molecule has 1 aromatic carbocycles. The first-order chi connectivity index (χ1) is 20.5. The number of aromatic nitrogens is 2. The fourth-order valence-electron chi connectivity index (χ4n) is 5.88. The van der Waals surface area contributed by atoms with Crippen molar-refractivity contribution in [3.63, 3.8) is 0 Å². The summed E-state index contributed by atoms with van der Waals surface area (Å²) in [6.07, 6.45) is 5.31. The Balaban J connectivity index is 1.32. The Hall–Kier alpha value is -4.28. The van der Waals surface area contributed by atoms with Crippen molar-refractivity contribution < 1.29 is 28.6 Å². The van der Waals surface area contributed by atoms with E-state index >= 15 is 0 Å². The number of fused-ring (bicyclic) bond motifs is 1. The van der Waals surface area contributed by atoms with E-state index in [1.165, 1.54) is 4.90 Å². The molecule has 0 aliphatic carbocycles. The quantitative estimate of drug-likeness (QED) is 0.359. The smallest absolute Gasteiger partial charge is 0.410 e. The van der Waals surface area contributed by atoms with Crippen molar-refractivity contribution in [2.75, 3.05) is 38.8 Å². The fourth-order valence-corrected chi connectivity index (χ4v) is 5.88. The van der Waals surface area contributed by atoms with E-state index in [-0.39, 0.29) is 37.4 Å². The SMILES string of the molecule is COc1ccc(CN2C(=O)CCN(c3cnn4ccc(C(C)C5CCN(C(=O)OC(C)(C)C)CC5)cc34)C2=O)c(OC)c1. The standard InChI is InChI=1S/C32H41N5O6/c1-21(22-9-13-34(14-10-22)31(40)43-32(2,3)4)23-11-16-37-26(17-23)27(19-33-37)35-15-12-29(38)36(30(35)39)20-24-7-8-25(41-5)18-28(24)42-6/h7-8,11,16-19,21-22H,9-10,12-15,20H2,1-6H3. The minimum atomic E-state index is -0.512. The molecule has 11 nitrogen and oxygen atoms in total. The highest BCUT2D eigenvalue weighted by Crippen LogP contribution is 2.35. The summed E-state index contributed by atoms with van der Waals surface area (Å²) in [4.78, 5) is 43.9. The zero-order valence-corrected chi connectivity index (χ0v) is 25.8. The van der Waals surface area contributed by atoms with Gasteiger partial charge in [0.1, 0.15) is 17.1 Å². The number of amides is 4. The van der Waals surface area contributed by atoms with Gasteiger partial charge in [0.15, 0.2) is 0 Å². The topological polar surface area (TPSA) is 106 Å². The highest BCUT2D eigenvalue weighted by Gasteiger charge is 2.35. The number of likely N-dealkylation sites (tertiary alicyclic amines) is 1.